The molecule has 0 atom stereocenters. The van der Waals surface area contributed by atoms with Gasteiger partial charge >= 0.3 is 0 Å². The molecule has 0 saturated carbocycles. The van der Waals surface area contributed by atoms with Crippen molar-refractivity contribution in [2.75, 3.05) is 0 Å². The van der Waals surface area contributed by atoms with Gasteiger partial charge in [0.1, 0.15) is 16.9 Å². The Morgan fingerprint density at radius 3 is 1.71 bits per heavy atom. The Bertz CT molecular complexity index is 3110. The summed E-state index contributed by atoms with van der Waals surface area (Å²) < 4.78 is 11.1. The molecule has 11 rings (SSSR count). The van der Waals surface area contributed by atoms with Crippen molar-refractivity contribution in [3.63, 3.8) is 0 Å². The van der Waals surface area contributed by atoms with E-state index in [4.69, 9.17) is 14.4 Å². The molecule has 49 heavy (non-hydrogen) atoms. The van der Waals surface area contributed by atoms with E-state index in [0.717, 1.165) is 88.6 Å². The van der Waals surface area contributed by atoms with Gasteiger partial charge in [-0.1, -0.05) is 109 Å². The first-order valence-corrected chi connectivity index (χ1v) is 16.5. The van der Waals surface area contributed by atoms with E-state index in [0.29, 0.717) is 0 Å². The highest BCUT2D eigenvalue weighted by Gasteiger charge is 2.24. The number of rotatable bonds is 3. The first-order valence-electron chi connectivity index (χ1n) is 16.5. The van der Waals surface area contributed by atoms with Crippen LogP contribution in [0.15, 0.2) is 162 Å². The molecule has 0 N–H and O–H groups in total. The van der Waals surface area contributed by atoms with Crippen LogP contribution in [0.25, 0.3) is 99.3 Å². The number of fused-ring (bicyclic) bond motifs is 11. The summed E-state index contributed by atoms with van der Waals surface area (Å²) in [4.78, 5) is 10.7. The van der Waals surface area contributed by atoms with Crippen molar-refractivity contribution in [1.82, 2.24) is 19.1 Å². The van der Waals surface area contributed by atoms with E-state index in [9.17, 15) is 0 Å². The SMILES string of the molecule is c1ccc(-c2nc3ccccc3nc2-n2c3ccccc3c3ccc4c5ccccc5n(-c5ccc6c(c5)oc5ccccc56)c4c32)cc1. The molecule has 0 bridgehead atoms. The molecule has 4 heterocycles. The summed E-state index contributed by atoms with van der Waals surface area (Å²) in [6, 6.07) is 55.2. The van der Waals surface area contributed by atoms with Crippen molar-refractivity contribution in [2.45, 2.75) is 0 Å². The van der Waals surface area contributed by atoms with Crippen LogP contribution in [0.2, 0.25) is 0 Å². The van der Waals surface area contributed by atoms with Gasteiger partial charge in [0.25, 0.3) is 0 Å². The topological polar surface area (TPSA) is 48.8 Å². The van der Waals surface area contributed by atoms with Crippen LogP contribution < -0.4 is 0 Å². The molecular formula is C44H26N4O. The molecule has 5 heteroatoms. The average molecular weight is 627 g/mol. The number of nitrogens with zero attached hydrogens (tertiary/aromatic N) is 4. The molecule has 0 spiro atoms. The zero-order valence-electron chi connectivity index (χ0n) is 26.2. The lowest BCUT2D eigenvalue weighted by Gasteiger charge is -2.15. The van der Waals surface area contributed by atoms with Crippen molar-refractivity contribution in [1.29, 1.82) is 0 Å². The molecule has 4 aromatic heterocycles. The van der Waals surface area contributed by atoms with Gasteiger partial charge in [-0.2, -0.15) is 0 Å². The van der Waals surface area contributed by atoms with Crippen LogP contribution in [-0.2, 0) is 0 Å². The molecule has 0 saturated heterocycles. The molecule has 0 aliphatic rings. The molecule has 0 unspecified atom stereocenters. The van der Waals surface area contributed by atoms with Gasteiger partial charge in [0.2, 0.25) is 0 Å². The lowest BCUT2D eigenvalue weighted by Crippen LogP contribution is -2.05. The third kappa shape index (κ3) is 3.70. The highest BCUT2D eigenvalue weighted by Crippen LogP contribution is 2.43. The Hall–Kier alpha value is -6.72. The maximum absolute atomic E-state index is 6.41. The van der Waals surface area contributed by atoms with Crippen LogP contribution in [0.4, 0.5) is 0 Å². The minimum atomic E-state index is 0.799. The molecule has 11 aromatic rings. The van der Waals surface area contributed by atoms with Gasteiger partial charge in [0.15, 0.2) is 5.82 Å². The lowest BCUT2D eigenvalue weighted by molar-refractivity contribution is 0.668. The van der Waals surface area contributed by atoms with Gasteiger partial charge < -0.3 is 8.98 Å². The first-order chi connectivity index (χ1) is 24.3. The van der Waals surface area contributed by atoms with Crippen LogP contribution in [0.1, 0.15) is 0 Å². The number of hydrogen-bond acceptors (Lipinski definition) is 3. The first kappa shape index (κ1) is 26.4. The van der Waals surface area contributed by atoms with Gasteiger partial charge in [0, 0.05) is 43.9 Å². The van der Waals surface area contributed by atoms with Crippen molar-refractivity contribution in [2.24, 2.45) is 0 Å². The van der Waals surface area contributed by atoms with E-state index in [1.807, 2.05) is 42.5 Å². The minimum absolute atomic E-state index is 0.799. The van der Waals surface area contributed by atoms with Crippen LogP contribution in [0.5, 0.6) is 0 Å². The zero-order chi connectivity index (χ0) is 32.1. The van der Waals surface area contributed by atoms with Crippen LogP contribution in [-0.4, -0.2) is 19.1 Å². The Balaban J connectivity index is 1.34. The Labute approximate surface area is 279 Å². The largest absolute Gasteiger partial charge is 0.456 e. The molecule has 7 aromatic carbocycles. The van der Waals surface area contributed by atoms with Gasteiger partial charge in [0.05, 0.1) is 38.8 Å². The molecule has 228 valence electrons. The minimum Gasteiger partial charge on any atom is -0.456 e. The summed E-state index contributed by atoms with van der Waals surface area (Å²) in [5.41, 5.74) is 10.8. The second-order valence-electron chi connectivity index (χ2n) is 12.6. The van der Waals surface area contributed by atoms with E-state index in [1.54, 1.807) is 0 Å². The van der Waals surface area contributed by atoms with E-state index < -0.39 is 0 Å². The molecule has 0 aliphatic carbocycles. The highest BCUT2D eigenvalue weighted by atomic mass is 16.3. The summed E-state index contributed by atoms with van der Waals surface area (Å²) >= 11 is 0. The van der Waals surface area contributed by atoms with E-state index in [1.165, 1.54) is 10.8 Å². The van der Waals surface area contributed by atoms with Crippen LogP contribution >= 0.6 is 0 Å². The third-order valence-electron chi connectivity index (χ3n) is 9.90. The Morgan fingerprint density at radius 2 is 0.959 bits per heavy atom. The predicted octanol–water partition coefficient (Wildman–Crippen LogP) is 11.4. The second kappa shape index (κ2) is 9.89. The number of aromatic nitrogens is 4. The normalized spacial score (nSPS) is 12.1. The van der Waals surface area contributed by atoms with E-state index in [-0.39, 0.29) is 0 Å². The summed E-state index contributed by atoms with van der Waals surface area (Å²) in [7, 11) is 0. The lowest BCUT2D eigenvalue weighted by atomic mass is 10.1. The summed E-state index contributed by atoms with van der Waals surface area (Å²) in [6.07, 6.45) is 0. The maximum Gasteiger partial charge on any atom is 0.165 e. The van der Waals surface area contributed by atoms with Crippen molar-refractivity contribution in [3.05, 3.63) is 158 Å². The summed E-state index contributed by atoms with van der Waals surface area (Å²) in [5, 5.41) is 6.92. The van der Waals surface area contributed by atoms with E-state index >= 15 is 0 Å². The van der Waals surface area contributed by atoms with Gasteiger partial charge in [-0.15, -0.1) is 0 Å². The fourth-order valence-electron chi connectivity index (χ4n) is 7.78. The quantitative estimate of drug-likeness (QED) is 0.196. The van der Waals surface area contributed by atoms with Gasteiger partial charge in [-0.05, 0) is 42.5 Å². The Morgan fingerprint density at radius 1 is 0.408 bits per heavy atom. The van der Waals surface area contributed by atoms with Gasteiger partial charge in [-0.3, -0.25) is 4.57 Å². The molecule has 0 fully saturated rings. The highest BCUT2D eigenvalue weighted by molar-refractivity contribution is 6.24. The number of benzene rings is 7. The number of furan rings is 1. The van der Waals surface area contributed by atoms with Crippen molar-refractivity contribution < 1.29 is 4.42 Å². The van der Waals surface area contributed by atoms with Crippen molar-refractivity contribution >= 4 is 76.6 Å². The summed E-state index contributed by atoms with van der Waals surface area (Å²) in [5.74, 6) is 0.799. The third-order valence-corrected chi connectivity index (χ3v) is 9.90. The standard InChI is InChI=1S/C44H26N4O/c1-2-12-27(13-3-1)41-44(46-36-18-8-7-17-35(36)45-41)48-38-20-10-5-15-30(38)34-25-24-33-29-14-4-9-19-37(29)47(42(33)43(34)48)28-22-23-32-31-16-6-11-21-39(31)49-40(32)26-28/h1-26H. The van der Waals surface area contributed by atoms with Gasteiger partial charge in [-0.25, -0.2) is 9.97 Å². The van der Waals surface area contributed by atoms with Crippen molar-refractivity contribution in [3.8, 4) is 22.8 Å². The molecule has 5 nitrogen and oxygen atoms in total. The van der Waals surface area contributed by atoms with Crippen LogP contribution in [0.3, 0.4) is 0 Å². The fourth-order valence-corrected chi connectivity index (χ4v) is 7.78. The smallest absolute Gasteiger partial charge is 0.165 e. The Kier molecular flexibility index (Phi) is 5.32. The average Bonchev–Trinajstić information content (AvgIpc) is 3.82. The summed E-state index contributed by atoms with van der Waals surface area (Å²) in [6.45, 7) is 0. The van der Waals surface area contributed by atoms with Crippen LogP contribution in [0, 0.1) is 0 Å². The zero-order valence-corrected chi connectivity index (χ0v) is 26.2. The molecular weight excluding hydrogens is 601 g/mol. The maximum atomic E-state index is 6.41. The molecule has 0 radical (unpaired) electrons. The second-order valence-corrected chi connectivity index (χ2v) is 12.6. The molecule has 0 aliphatic heterocycles. The number of hydrogen-bond donors (Lipinski definition) is 0. The van der Waals surface area contributed by atoms with E-state index in [2.05, 4.69) is 124 Å². The fraction of sp³-hybridized carbons (Fsp3) is 0. The predicted molar refractivity (Wildman–Crippen MR) is 201 cm³/mol. The molecule has 0 amide bonds. The monoisotopic (exact) mass is 626 g/mol. The number of para-hydroxylation sites is 5.